The zero-order valence-electron chi connectivity index (χ0n) is 21.3. The molecule has 2 amide bonds. The molecule has 3 aromatic rings. The topological polar surface area (TPSA) is 49.4 Å². The molecule has 0 unspecified atom stereocenters. The van der Waals surface area contributed by atoms with E-state index in [1.165, 1.54) is 0 Å². The van der Waals surface area contributed by atoms with Gasteiger partial charge in [-0.15, -0.1) is 11.8 Å². The highest BCUT2D eigenvalue weighted by Gasteiger charge is 2.30. The van der Waals surface area contributed by atoms with E-state index in [1.54, 1.807) is 16.7 Å². The Bertz CT molecular complexity index is 1140. The molecule has 3 aromatic carbocycles. The summed E-state index contributed by atoms with van der Waals surface area (Å²) in [5.74, 6) is 0.613. The van der Waals surface area contributed by atoms with Gasteiger partial charge in [-0.05, 0) is 73.0 Å². The first-order chi connectivity index (χ1) is 17.9. The van der Waals surface area contributed by atoms with Crippen LogP contribution in [-0.4, -0.2) is 34.6 Å². The number of hydrogen-bond donors (Lipinski definition) is 1. The van der Waals surface area contributed by atoms with E-state index in [9.17, 15) is 9.59 Å². The van der Waals surface area contributed by atoms with Crippen LogP contribution in [0.1, 0.15) is 44.2 Å². The van der Waals surface area contributed by atoms with E-state index in [4.69, 9.17) is 23.2 Å². The third kappa shape index (κ3) is 9.73. The Morgan fingerprint density at radius 1 is 0.919 bits per heavy atom. The lowest BCUT2D eigenvalue weighted by molar-refractivity contribution is -0.141. The van der Waals surface area contributed by atoms with Gasteiger partial charge in [-0.1, -0.05) is 72.6 Å². The highest BCUT2D eigenvalue weighted by atomic mass is 35.5. The summed E-state index contributed by atoms with van der Waals surface area (Å²) in [5, 5.41) is 4.41. The van der Waals surface area contributed by atoms with Gasteiger partial charge in [0.15, 0.2) is 0 Å². The van der Waals surface area contributed by atoms with E-state index in [1.807, 2.05) is 92.7 Å². The Hall–Kier alpha value is -2.47. The molecule has 0 saturated heterocycles. The molecule has 0 heterocycles. The highest BCUT2D eigenvalue weighted by Crippen LogP contribution is 2.23. The summed E-state index contributed by atoms with van der Waals surface area (Å²) >= 11 is 13.9. The van der Waals surface area contributed by atoms with E-state index in [0.29, 0.717) is 35.9 Å². The van der Waals surface area contributed by atoms with Crippen molar-refractivity contribution in [2.45, 2.75) is 63.1 Å². The van der Waals surface area contributed by atoms with E-state index in [0.717, 1.165) is 28.2 Å². The minimum Gasteiger partial charge on any atom is -0.352 e. The van der Waals surface area contributed by atoms with Gasteiger partial charge >= 0.3 is 0 Å². The van der Waals surface area contributed by atoms with E-state index in [-0.39, 0.29) is 17.9 Å². The van der Waals surface area contributed by atoms with Crippen LogP contribution in [-0.2, 0) is 22.6 Å². The van der Waals surface area contributed by atoms with Crippen LogP contribution in [0.2, 0.25) is 10.0 Å². The third-order valence-electron chi connectivity index (χ3n) is 6.13. The average molecular weight is 558 g/mol. The maximum Gasteiger partial charge on any atom is 0.243 e. The molecule has 0 bridgehead atoms. The number of thioether (sulfide) groups is 1. The lowest BCUT2D eigenvalue weighted by atomic mass is 10.0. The predicted octanol–water partition coefficient (Wildman–Crippen LogP) is 7.42. The molecule has 37 heavy (non-hydrogen) atoms. The van der Waals surface area contributed by atoms with Crippen LogP contribution in [0, 0.1) is 0 Å². The fraction of sp³-hybridized carbons (Fsp3) is 0.333. The van der Waals surface area contributed by atoms with Gasteiger partial charge < -0.3 is 10.2 Å². The molecule has 0 aliphatic heterocycles. The molecule has 7 heteroatoms. The Morgan fingerprint density at radius 3 is 2.30 bits per heavy atom. The molecule has 0 aromatic heterocycles. The molecule has 3 rings (SSSR count). The summed E-state index contributed by atoms with van der Waals surface area (Å²) in [7, 11) is 0. The van der Waals surface area contributed by atoms with Crippen molar-refractivity contribution < 1.29 is 9.59 Å². The summed E-state index contributed by atoms with van der Waals surface area (Å²) in [5.41, 5.74) is 1.90. The molecule has 0 radical (unpaired) electrons. The van der Waals surface area contributed by atoms with Crippen LogP contribution >= 0.6 is 35.0 Å². The smallest absolute Gasteiger partial charge is 0.243 e. The predicted molar refractivity (Wildman–Crippen MR) is 155 cm³/mol. The number of nitrogens with one attached hydrogen (secondary N) is 1. The van der Waals surface area contributed by atoms with Crippen molar-refractivity contribution in [3.05, 3.63) is 100 Å². The molecule has 2 atom stereocenters. The summed E-state index contributed by atoms with van der Waals surface area (Å²) in [6, 6.07) is 24.4. The fourth-order valence-corrected chi connectivity index (χ4v) is 5.11. The Balaban J connectivity index is 1.79. The van der Waals surface area contributed by atoms with Crippen molar-refractivity contribution in [3.8, 4) is 0 Å². The number of benzene rings is 3. The molecular weight excluding hydrogens is 523 g/mol. The molecule has 196 valence electrons. The second-order valence-electron chi connectivity index (χ2n) is 9.08. The maximum atomic E-state index is 13.7. The molecule has 0 saturated carbocycles. The Labute approximate surface area is 234 Å². The quantitative estimate of drug-likeness (QED) is 0.176. The number of carbonyl (C=O) groups excluding carboxylic acids is 2. The summed E-state index contributed by atoms with van der Waals surface area (Å²) in [4.78, 5) is 30.0. The lowest BCUT2D eigenvalue weighted by Gasteiger charge is -2.32. The molecule has 0 fully saturated rings. The third-order valence-corrected chi connectivity index (χ3v) is 7.72. The molecule has 4 nitrogen and oxygen atoms in total. The van der Waals surface area contributed by atoms with E-state index >= 15 is 0 Å². The van der Waals surface area contributed by atoms with Gasteiger partial charge in [0.05, 0.1) is 0 Å². The number of rotatable bonds is 13. The monoisotopic (exact) mass is 556 g/mol. The van der Waals surface area contributed by atoms with Gasteiger partial charge in [-0.2, -0.15) is 0 Å². The van der Waals surface area contributed by atoms with E-state index in [2.05, 4.69) is 5.32 Å². The molecular formula is C30H34Cl2N2O2S. The maximum absolute atomic E-state index is 13.7. The van der Waals surface area contributed by atoms with Crippen LogP contribution < -0.4 is 5.32 Å². The number of carbonyl (C=O) groups is 2. The largest absolute Gasteiger partial charge is 0.352 e. The normalized spacial score (nSPS) is 12.5. The Morgan fingerprint density at radius 2 is 1.62 bits per heavy atom. The van der Waals surface area contributed by atoms with Gasteiger partial charge in [-0.3, -0.25) is 9.59 Å². The molecule has 1 N–H and O–H groups in total. The molecule has 0 aliphatic rings. The molecule has 0 spiro atoms. The first-order valence-corrected chi connectivity index (χ1v) is 14.4. The van der Waals surface area contributed by atoms with Crippen molar-refractivity contribution in [2.24, 2.45) is 0 Å². The first kappa shape index (κ1) is 29.1. The summed E-state index contributed by atoms with van der Waals surface area (Å²) < 4.78 is 0. The van der Waals surface area contributed by atoms with Crippen molar-refractivity contribution >= 4 is 46.8 Å². The number of halogens is 2. The number of hydrogen-bond acceptors (Lipinski definition) is 3. The van der Waals surface area contributed by atoms with Crippen molar-refractivity contribution in [1.82, 2.24) is 10.2 Å². The second-order valence-corrected chi connectivity index (χ2v) is 11.1. The minimum atomic E-state index is -0.633. The van der Waals surface area contributed by atoms with Gasteiger partial charge in [0.2, 0.25) is 11.8 Å². The number of amides is 2. The average Bonchev–Trinajstić information content (AvgIpc) is 2.90. The van der Waals surface area contributed by atoms with Gasteiger partial charge in [0.25, 0.3) is 0 Å². The highest BCUT2D eigenvalue weighted by molar-refractivity contribution is 7.99. The van der Waals surface area contributed by atoms with Crippen molar-refractivity contribution in [3.63, 3.8) is 0 Å². The summed E-state index contributed by atoms with van der Waals surface area (Å²) in [6.45, 7) is 4.33. The lowest BCUT2D eigenvalue weighted by Crippen LogP contribution is -2.52. The summed E-state index contributed by atoms with van der Waals surface area (Å²) in [6.07, 6.45) is 2.30. The van der Waals surface area contributed by atoms with Crippen LogP contribution in [0.15, 0.2) is 83.8 Å². The van der Waals surface area contributed by atoms with Gasteiger partial charge in [0, 0.05) is 40.4 Å². The van der Waals surface area contributed by atoms with Crippen LogP contribution in [0.25, 0.3) is 0 Å². The first-order valence-electron chi connectivity index (χ1n) is 12.6. The van der Waals surface area contributed by atoms with Crippen LogP contribution in [0.3, 0.4) is 0 Å². The zero-order valence-corrected chi connectivity index (χ0v) is 23.7. The minimum absolute atomic E-state index is 0.0182. The van der Waals surface area contributed by atoms with Gasteiger partial charge in [0.1, 0.15) is 6.04 Å². The van der Waals surface area contributed by atoms with Crippen molar-refractivity contribution in [1.29, 1.82) is 0 Å². The van der Waals surface area contributed by atoms with Gasteiger partial charge in [-0.25, -0.2) is 0 Å². The second kappa shape index (κ2) is 15.1. The standard InChI is InChI=1S/C30H34Cl2N2O2S/c1-3-22(2)33-30(36)28(20-23-9-5-4-6-10-23)34(21-24-11-7-12-26(32)19-24)29(35)13-8-18-37-27-16-14-25(31)15-17-27/h4-7,9-12,14-17,19,22,28H,3,8,13,18,20-21H2,1-2H3,(H,33,36)/t22-,28+/m0/s1. The fourth-order valence-electron chi connectivity index (χ4n) is 3.91. The molecule has 0 aliphatic carbocycles. The van der Waals surface area contributed by atoms with Crippen molar-refractivity contribution in [2.75, 3.05) is 5.75 Å². The zero-order chi connectivity index (χ0) is 26.6. The van der Waals surface area contributed by atoms with Crippen LogP contribution in [0.4, 0.5) is 0 Å². The Kier molecular flexibility index (Phi) is 11.8. The SMILES string of the molecule is CC[C@H](C)NC(=O)[C@@H](Cc1ccccc1)N(Cc1cccc(Cl)c1)C(=O)CCCSc1ccc(Cl)cc1. The van der Waals surface area contributed by atoms with E-state index < -0.39 is 6.04 Å². The number of nitrogens with zero attached hydrogens (tertiary/aromatic N) is 1. The van der Waals surface area contributed by atoms with Crippen LogP contribution in [0.5, 0.6) is 0 Å².